The van der Waals surface area contributed by atoms with Gasteiger partial charge in [-0.25, -0.2) is 0 Å². The molecule has 2 aromatic rings. The van der Waals surface area contributed by atoms with E-state index >= 15 is 0 Å². The molecule has 1 heteroatoms. The summed E-state index contributed by atoms with van der Waals surface area (Å²) in [5.41, 5.74) is 6.55. The zero-order valence-electron chi connectivity index (χ0n) is 15.9. The minimum Gasteiger partial charge on any atom is -0.317 e. The predicted molar refractivity (Wildman–Crippen MR) is 106 cm³/mol. The summed E-state index contributed by atoms with van der Waals surface area (Å²) in [5.74, 6) is 0. The summed E-state index contributed by atoms with van der Waals surface area (Å²) in [5, 5.41) is 3.54. The molecule has 2 aromatic carbocycles. The third kappa shape index (κ3) is 3.42. The van der Waals surface area contributed by atoms with Crippen LogP contribution in [0.4, 0.5) is 0 Å². The van der Waals surface area contributed by atoms with Gasteiger partial charge in [-0.15, -0.1) is 0 Å². The number of piperidine rings is 1. The lowest BCUT2D eigenvalue weighted by molar-refractivity contribution is 0.361. The quantitative estimate of drug-likeness (QED) is 0.674. The average molecular weight is 324 g/mol. The Morgan fingerprint density at radius 1 is 0.667 bits per heavy atom. The van der Waals surface area contributed by atoms with Crippen molar-refractivity contribution in [1.82, 2.24) is 5.32 Å². The minimum absolute atomic E-state index is 0.245. The van der Waals surface area contributed by atoms with Crippen LogP contribution < -0.4 is 5.32 Å². The topological polar surface area (TPSA) is 12.0 Å². The van der Waals surface area contributed by atoms with E-state index in [1.165, 1.54) is 25.7 Å². The lowest BCUT2D eigenvalue weighted by atomic mass is 9.67. The summed E-state index contributed by atoms with van der Waals surface area (Å²) in [4.78, 5) is 0. The van der Waals surface area contributed by atoms with Gasteiger partial charge in [0.2, 0.25) is 0 Å². The number of nitrogens with one attached hydrogen (secondary N) is 1. The van der Waals surface area contributed by atoms with E-state index in [1.54, 1.807) is 22.3 Å². The van der Waals surface area contributed by atoms with Gasteiger partial charge in [0.25, 0.3) is 0 Å². The van der Waals surface area contributed by atoms with Crippen LogP contribution in [0.2, 0.25) is 0 Å². The molecular formula is C23H33N. The fourth-order valence-corrected chi connectivity index (χ4v) is 4.22. The number of hydrogen-bond acceptors (Lipinski definition) is 1. The first-order valence-corrected chi connectivity index (χ1v) is 9.78. The number of fused-ring (bicyclic) bond motifs is 4. The highest BCUT2D eigenvalue weighted by atomic mass is 14.9. The molecule has 4 rings (SSSR count). The number of hydrogen-bond donors (Lipinski definition) is 1. The van der Waals surface area contributed by atoms with Gasteiger partial charge in [0.1, 0.15) is 0 Å². The lowest BCUT2D eigenvalue weighted by Crippen LogP contribution is -2.41. The molecule has 0 unspecified atom stereocenters. The summed E-state index contributed by atoms with van der Waals surface area (Å²) in [6, 6.07) is 18.3. The monoisotopic (exact) mass is 323 g/mol. The second-order valence-corrected chi connectivity index (χ2v) is 6.15. The van der Waals surface area contributed by atoms with Crippen molar-refractivity contribution in [2.45, 2.75) is 58.8 Å². The normalized spacial score (nSPS) is 17.2. The van der Waals surface area contributed by atoms with Crippen LogP contribution >= 0.6 is 0 Å². The Morgan fingerprint density at radius 3 is 1.54 bits per heavy atom. The molecule has 0 aromatic heterocycles. The predicted octanol–water partition coefficient (Wildman–Crippen LogP) is 5.51. The molecule has 24 heavy (non-hydrogen) atoms. The first-order chi connectivity index (χ1) is 11.9. The van der Waals surface area contributed by atoms with Crippen LogP contribution in [0.25, 0.3) is 0 Å². The maximum absolute atomic E-state index is 3.54. The second-order valence-electron chi connectivity index (χ2n) is 6.15. The van der Waals surface area contributed by atoms with Gasteiger partial charge in [-0.05, 0) is 61.0 Å². The van der Waals surface area contributed by atoms with Crippen molar-refractivity contribution in [3.8, 4) is 0 Å². The molecule has 0 bridgehead atoms. The molecule has 0 amide bonds. The first kappa shape index (κ1) is 18.7. The van der Waals surface area contributed by atoms with Gasteiger partial charge in [-0.3, -0.25) is 0 Å². The van der Waals surface area contributed by atoms with E-state index in [4.69, 9.17) is 0 Å². The van der Waals surface area contributed by atoms with E-state index in [0.717, 1.165) is 13.1 Å². The van der Waals surface area contributed by atoms with Gasteiger partial charge in [-0.1, -0.05) is 76.2 Å². The summed E-state index contributed by atoms with van der Waals surface area (Å²) >= 11 is 0. The average Bonchev–Trinajstić information content (AvgIpc) is 2.82. The van der Waals surface area contributed by atoms with Crippen LogP contribution in [0.3, 0.4) is 0 Å². The van der Waals surface area contributed by atoms with Crippen molar-refractivity contribution in [3.63, 3.8) is 0 Å². The third-order valence-corrected chi connectivity index (χ3v) is 5.19. The van der Waals surface area contributed by atoms with Crippen LogP contribution in [0.5, 0.6) is 0 Å². The van der Waals surface area contributed by atoms with Crippen molar-refractivity contribution in [3.05, 3.63) is 70.8 Å². The van der Waals surface area contributed by atoms with Crippen molar-refractivity contribution >= 4 is 0 Å². The van der Waals surface area contributed by atoms with E-state index in [-0.39, 0.29) is 5.41 Å². The molecule has 0 radical (unpaired) electrons. The van der Waals surface area contributed by atoms with E-state index < -0.39 is 0 Å². The molecule has 1 nitrogen and oxygen atoms in total. The molecular weight excluding hydrogens is 290 g/mol. The molecule has 0 saturated carbocycles. The van der Waals surface area contributed by atoms with Gasteiger partial charge >= 0.3 is 0 Å². The second kappa shape index (κ2) is 9.03. The zero-order chi connectivity index (χ0) is 17.4. The zero-order valence-corrected chi connectivity index (χ0v) is 15.9. The highest BCUT2D eigenvalue weighted by molar-refractivity contribution is 5.50. The van der Waals surface area contributed by atoms with Gasteiger partial charge in [-0.2, -0.15) is 0 Å². The standard InChI is InChI=1S/C19H21N.2C2H6/c1-3-7-17-15(5-1)9-10-16-6-2-4-8-18(16)19(17)11-13-20-14-12-19;2*1-2/h1-8,20H,9-14H2;2*1-2H3. The van der Waals surface area contributed by atoms with E-state index in [2.05, 4.69) is 53.8 Å². The largest absolute Gasteiger partial charge is 0.317 e. The molecule has 1 fully saturated rings. The molecule has 1 N–H and O–H groups in total. The maximum Gasteiger partial charge on any atom is 0.0232 e. The summed E-state index contributed by atoms with van der Waals surface area (Å²) in [6.07, 6.45) is 4.81. The summed E-state index contributed by atoms with van der Waals surface area (Å²) < 4.78 is 0. The van der Waals surface area contributed by atoms with Crippen LogP contribution in [0.1, 0.15) is 62.8 Å². The van der Waals surface area contributed by atoms with Gasteiger partial charge in [0.15, 0.2) is 0 Å². The van der Waals surface area contributed by atoms with Gasteiger partial charge < -0.3 is 5.32 Å². The van der Waals surface area contributed by atoms with Crippen molar-refractivity contribution in [2.24, 2.45) is 0 Å². The molecule has 1 aliphatic heterocycles. The molecule has 2 aliphatic rings. The Morgan fingerprint density at radius 2 is 1.08 bits per heavy atom. The van der Waals surface area contributed by atoms with Gasteiger partial charge in [0.05, 0.1) is 0 Å². The number of benzene rings is 2. The molecule has 130 valence electrons. The first-order valence-electron chi connectivity index (χ1n) is 9.78. The summed E-state index contributed by atoms with van der Waals surface area (Å²) in [6.45, 7) is 10.3. The number of rotatable bonds is 0. The highest BCUT2D eigenvalue weighted by Crippen LogP contribution is 2.45. The van der Waals surface area contributed by atoms with E-state index in [1.807, 2.05) is 27.7 Å². The fourth-order valence-electron chi connectivity index (χ4n) is 4.22. The lowest BCUT2D eigenvalue weighted by Gasteiger charge is -2.40. The van der Waals surface area contributed by atoms with Crippen LogP contribution in [0, 0.1) is 0 Å². The highest BCUT2D eigenvalue weighted by Gasteiger charge is 2.39. The van der Waals surface area contributed by atoms with Crippen molar-refractivity contribution in [1.29, 1.82) is 0 Å². The molecule has 1 aliphatic carbocycles. The SMILES string of the molecule is CC.CC.c1ccc2c(c1)CCc1ccccc1C21CCNCC1. The van der Waals surface area contributed by atoms with Crippen molar-refractivity contribution < 1.29 is 0 Å². The molecule has 1 saturated heterocycles. The van der Waals surface area contributed by atoms with Crippen molar-refractivity contribution in [2.75, 3.05) is 13.1 Å². The van der Waals surface area contributed by atoms with Crippen LogP contribution in [-0.2, 0) is 18.3 Å². The van der Waals surface area contributed by atoms with E-state index in [0.29, 0.717) is 0 Å². The summed E-state index contributed by atoms with van der Waals surface area (Å²) in [7, 11) is 0. The number of aryl methyl sites for hydroxylation is 2. The third-order valence-electron chi connectivity index (χ3n) is 5.19. The Bertz CT molecular complexity index is 574. The fraction of sp³-hybridized carbons (Fsp3) is 0.478. The Balaban J connectivity index is 0.000000487. The molecule has 0 atom stereocenters. The Kier molecular flexibility index (Phi) is 7.05. The maximum atomic E-state index is 3.54. The smallest absolute Gasteiger partial charge is 0.0232 e. The molecule has 1 heterocycles. The molecule has 1 spiro atoms. The van der Waals surface area contributed by atoms with Gasteiger partial charge in [0, 0.05) is 5.41 Å². The van der Waals surface area contributed by atoms with Crippen LogP contribution in [0.15, 0.2) is 48.5 Å². The van der Waals surface area contributed by atoms with Crippen LogP contribution in [-0.4, -0.2) is 13.1 Å². The van der Waals surface area contributed by atoms with E-state index in [9.17, 15) is 0 Å². The Hall–Kier alpha value is -1.60. The Labute approximate surface area is 148 Å². The minimum atomic E-state index is 0.245.